The molecule has 0 bridgehead atoms. The average Bonchev–Trinajstić information content (AvgIpc) is 3.03. The third-order valence-electron chi connectivity index (χ3n) is 5.68. The number of nitrogen functional groups attached to an aromatic ring is 1. The van der Waals surface area contributed by atoms with E-state index < -0.39 is 5.60 Å². The smallest absolute Gasteiger partial charge is 0.410 e. The zero-order valence-corrected chi connectivity index (χ0v) is 19.3. The van der Waals surface area contributed by atoms with E-state index in [0.717, 1.165) is 58.7 Å². The molecule has 1 aromatic heterocycles. The summed E-state index contributed by atoms with van der Waals surface area (Å²) in [6.45, 7) is 14.6. The summed E-state index contributed by atoms with van der Waals surface area (Å²) in [7, 11) is 0. The Bertz CT molecular complexity index is 679. The topological polar surface area (TPSA) is 74.9 Å². The number of ether oxygens (including phenoxy) is 1. The summed E-state index contributed by atoms with van der Waals surface area (Å²) in [5.74, 6) is 0. The number of carbonyl (C=O) groups is 1. The van der Waals surface area contributed by atoms with Crippen molar-refractivity contribution in [1.82, 2.24) is 19.7 Å². The van der Waals surface area contributed by atoms with Gasteiger partial charge in [-0.25, -0.2) is 9.78 Å². The third kappa shape index (κ3) is 6.30. The Kier molecular flexibility index (Phi) is 7.40. The molecule has 1 fully saturated rings. The van der Waals surface area contributed by atoms with Crippen molar-refractivity contribution in [3.05, 3.63) is 10.6 Å². The van der Waals surface area contributed by atoms with E-state index in [1.165, 1.54) is 23.4 Å². The first kappa shape index (κ1) is 22.3. The number of nitrogens with zero attached hydrogens (tertiary/aromatic N) is 4. The number of fused-ring (bicyclic) bond motifs is 1. The Morgan fingerprint density at radius 3 is 2.66 bits per heavy atom. The van der Waals surface area contributed by atoms with Gasteiger partial charge >= 0.3 is 6.09 Å². The Morgan fingerprint density at radius 1 is 1.28 bits per heavy atom. The van der Waals surface area contributed by atoms with Gasteiger partial charge in [-0.1, -0.05) is 6.92 Å². The van der Waals surface area contributed by atoms with Crippen LogP contribution >= 0.6 is 11.3 Å². The van der Waals surface area contributed by atoms with Gasteiger partial charge in [0, 0.05) is 50.2 Å². The molecule has 164 valence electrons. The second-order valence-electron chi connectivity index (χ2n) is 9.16. The highest BCUT2D eigenvalue weighted by molar-refractivity contribution is 7.15. The monoisotopic (exact) mass is 423 g/mol. The van der Waals surface area contributed by atoms with E-state index in [9.17, 15) is 4.79 Å². The van der Waals surface area contributed by atoms with Gasteiger partial charge in [0.05, 0.1) is 5.69 Å². The fourth-order valence-corrected chi connectivity index (χ4v) is 5.15. The largest absolute Gasteiger partial charge is 0.444 e. The van der Waals surface area contributed by atoms with Gasteiger partial charge in [-0.2, -0.15) is 0 Å². The van der Waals surface area contributed by atoms with Crippen molar-refractivity contribution in [2.24, 2.45) is 0 Å². The van der Waals surface area contributed by atoms with E-state index in [1.54, 1.807) is 11.3 Å². The Labute approximate surface area is 179 Å². The van der Waals surface area contributed by atoms with Crippen LogP contribution in [-0.2, 0) is 17.6 Å². The molecule has 0 unspecified atom stereocenters. The van der Waals surface area contributed by atoms with Crippen molar-refractivity contribution in [1.29, 1.82) is 0 Å². The highest BCUT2D eigenvalue weighted by atomic mass is 32.1. The molecule has 2 N–H and O–H groups in total. The lowest BCUT2D eigenvalue weighted by Gasteiger charge is -2.38. The van der Waals surface area contributed by atoms with Crippen LogP contribution in [0.5, 0.6) is 0 Å². The molecule has 1 aliphatic heterocycles. The number of anilines is 1. The molecule has 1 aliphatic carbocycles. The van der Waals surface area contributed by atoms with E-state index in [-0.39, 0.29) is 6.09 Å². The zero-order chi connectivity index (χ0) is 21.0. The third-order valence-corrected chi connectivity index (χ3v) is 6.63. The molecule has 0 aromatic carbocycles. The molecule has 0 saturated carbocycles. The summed E-state index contributed by atoms with van der Waals surface area (Å²) in [6, 6.07) is 0.588. The van der Waals surface area contributed by atoms with Crippen molar-refractivity contribution in [3.8, 4) is 0 Å². The van der Waals surface area contributed by atoms with Crippen LogP contribution in [0.2, 0.25) is 0 Å². The fraction of sp³-hybridized carbons (Fsp3) is 0.810. The lowest BCUT2D eigenvalue weighted by molar-refractivity contribution is 0.0134. The summed E-state index contributed by atoms with van der Waals surface area (Å²) in [5, 5.41) is 0.709. The molecule has 29 heavy (non-hydrogen) atoms. The van der Waals surface area contributed by atoms with E-state index >= 15 is 0 Å². The van der Waals surface area contributed by atoms with Crippen LogP contribution in [0, 0.1) is 0 Å². The predicted molar refractivity (Wildman–Crippen MR) is 118 cm³/mol. The van der Waals surface area contributed by atoms with Gasteiger partial charge in [-0.05, 0) is 53.0 Å². The standard InChI is InChI=1S/C21H37N5O2S/c1-5-8-25(16-6-7-17-18(15-16)29-19(22)23-17)12-9-24-10-13-26(14-11-24)20(27)28-21(2,3)4/h16H,5-15H2,1-4H3,(H2,22,23)/t16-/m1/s1. The number of amides is 1. The molecule has 7 nitrogen and oxygen atoms in total. The molecule has 1 amide bonds. The molecule has 2 aliphatic rings. The fourth-order valence-electron chi connectivity index (χ4n) is 4.20. The molecule has 1 aromatic rings. The van der Waals surface area contributed by atoms with E-state index in [0.29, 0.717) is 11.2 Å². The van der Waals surface area contributed by atoms with Crippen molar-refractivity contribution < 1.29 is 9.53 Å². The van der Waals surface area contributed by atoms with E-state index in [2.05, 4.69) is 21.7 Å². The lowest BCUT2D eigenvalue weighted by atomic mass is 9.96. The molecule has 0 radical (unpaired) electrons. The van der Waals surface area contributed by atoms with Gasteiger partial charge < -0.3 is 15.4 Å². The Hall–Kier alpha value is -1.38. The minimum Gasteiger partial charge on any atom is -0.444 e. The lowest BCUT2D eigenvalue weighted by Crippen LogP contribution is -2.52. The second kappa shape index (κ2) is 9.62. The second-order valence-corrected chi connectivity index (χ2v) is 10.3. The van der Waals surface area contributed by atoms with Crippen LogP contribution in [0.3, 0.4) is 0 Å². The van der Waals surface area contributed by atoms with Gasteiger partial charge in [-0.3, -0.25) is 9.80 Å². The molecular weight excluding hydrogens is 386 g/mol. The number of aromatic nitrogens is 1. The number of hydrogen-bond donors (Lipinski definition) is 1. The maximum Gasteiger partial charge on any atom is 0.410 e. The highest BCUT2D eigenvalue weighted by Crippen LogP contribution is 2.30. The van der Waals surface area contributed by atoms with Crippen LogP contribution in [0.15, 0.2) is 0 Å². The average molecular weight is 424 g/mol. The summed E-state index contributed by atoms with van der Waals surface area (Å²) in [5.41, 5.74) is 6.70. The molecule has 0 spiro atoms. The quantitative estimate of drug-likeness (QED) is 0.758. The van der Waals surface area contributed by atoms with Gasteiger partial charge in [0.1, 0.15) is 5.60 Å². The van der Waals surface area contributed by atoms with Crippen molar-refractivity contribution in [2.45, 2.75) is 65.0 Å². The van der Waals surface area contributed by atoms with E-state index in [1.807, 2.05) is 25.7 Å². The molecular formula is C21H37N5O2S. The summed E-state index contributed by atoms with van der Waals surface area (Å²) in [4.78, 5) is 25.1. The molecule has 8 heteroatoms. The first-order valence-corrected chi connectivity index (χ1v) is 11.7. The van der Waals surface area contributed by atoms with Crippen LogP contribution in [0.25, 0.3) is 0 Å². The number of piperazine rings is 1. The van der Waals surface area contributed by atoms with Gasteiger partial charge in [-0.15, -0.1) is 11.3 Å². The number of thiazole rings is 1. The van der Waals surface area contributed by atoms with Gasteiger partial charge in [0.2, 0.25) is 0 Å². The summed E-state index contributed by atoms with van der Waals surface area (Å²) < 4.78 is 5.50. The Balaban J connectivity index is 1.46. The first-order valence-electron chi connectivity index (χ1n) is 10.9. The van der Waals surface area contributed by atoms with E-state index in [4.69, 9.17) is 10.5 Å². The van der Waals surface area contributed by atoms with Gasteiger partial charge in [0.25, 0.3) is 0 Å². The first-order chi connectivity index (χ1) is 13.7. The summed E-state index contributed by atoms with van der Waals surface area (Å²) >= 11 is 1.66. The number of hydrogen-bond acceptors (Lipinski definition) is 7. The van der Waals surface area contributed by atoms with Crippen LogP contribution in [0.1, 0.15) is 51.1 Å². The molecule has 2 heterocycles. The summed E-state index contributed by atoms with van der Waals surface area (Å²) in [6.07, 6.45) is 4.27. The Morgan fingerprint density at radius 2 is 2.00 bits per heavy atom. The van der Waals surface area contributed by atoms with Gasteiger partial charge in [0.15, 0.2) is 5.13 Å². The van der Waals surface area contributed by atoms with Crippen molar-refractivity contribution in [2.75, 3.05) is 51.5 Å². The van der Waals surface area contributed by atoms with Crippen molar-refractivity contribution in [3.63, 3.8) is 0 Å². The minimum absolute atomic E-state index is 0.188. The number of carbonyl (C=O) groups excluding carboxylic acids is 1. The minimum atomic E-state index is -0.433. The van der Waals surface area contributed by atoms with Crippen LogP contribution in [-0.4, -0.2) is 83.2 Å². The van der Waals surface area contributed by atoms with Crippen molar-refractivity contribution >= 4 is 22.6 Å². The van der Waals surface area contributed by atoms with Crippen LogP contribution in [0.4, 0.5) is 9.93 Å². The zero-order valence-electron chi connectivity index (χ0n) is 18.4. The van der Waals surface area contributed by atoms with Crippen LogP contribution < -0.4 is 5.73 Å². The number of aryl methyl sites for hydroxylation is 1. The maximum atomic E-state index is 12.2. The molecule has 1 saturated heterocycles. The number of nitrogens with two attached hydrogens (primary N) is 1. The predicted octanol–water partition coefficient (Wildman–Crippen LogP) is 2.85. The number of rotatable bonds is 6. The highest BCUT2D eigenvalue weighted by Gasteiger charge is 2.28. The SMILES string of the molecule is CCCN(CCN1CCN(C(=O)OC(C)(C)C)CC1)[C@@H]1CCc2nc(N)sc2C1. The molecule has 1 atom stereocenters. The maximum absolute atomic E-state index is 12.2. The molecule has 3 rings (SSSR count). The normalized spacial score (nSPS) is 20.7.